The zero-order chi connectivity index (χ0) is 19.6. The lowest BCUT2D eigenvalue weighted by Crippen LogP contribution is -2.25. The first-order valence-electron chi connectivity index (χ1n) is 12.4. The van der Waals surface area contributed by atoms with Gasteiger partial charge in [-0.15, -0.1) is 0 Å². The van der Waals surface area contributed by atoms with Gasteiger partial charge in [0, 0.05) is 11.5 Å². The molecule has 0 amide bonds. The Morgan fingerprint density at radius 2 is 1.36 bits per heavy atom. The first-order valence-corrected chi connectivity index (χ1v) is 12.4. The fraction of sp³-hybridized carbons (Fsp3) is 0.714. The lowest BCUT2D eigenvalue weighted by Gasteiger charge is -2.37. The fourth-order valence-corrected chi connectivity index (χ4v) is 5.50. The van der Waals surface area contributed by atoms with Crippen molar-refractivity contribution in [1.29, 1.82) is 0 Å². The molecule has 28 heavy (non-hydrogen) atoms. The maximum atomic E-state index is 3.60. The van der Waals surface area contributed by atoms with Crippen molar-refractivity contribution >= 4 is 0 Å². The van der Waals surface area contributed by atoms with Gasteiger partial charge in [-0.2, -0.15) is 0 Å². The molecule has 0 aliphatic heterocycles. The fourth-order valence-electron chi connectivity index (χ4n) is 5.50. The summed E-state index contributed by atoms with van der Waals surface area (Å²) in [4.78, 5) is 0. The van der Waals surface area contributed by atoms with Crippen LogP contribution in [-0.4, -0.2) is 0 Å². The van der Waals surface area contributed by atoms with E-state index in [9.17, 15) is 0 Å². The molecule has 2 aliphatic rings. The Morgan fingerprint density at radius 3 is 1.96 bits per heavy atom. The van der Waals surface area contributed by atoms with Gasteiger partial charge in [0.2, 0.25) is 0 Å². The molecule has 2 fully saturated rings. The highest BCUT2D eigenvalue weighted by molar-refractivity contribution is 5.36. The molecule has 1 aromatic rings. The van der Waals surface area contributed by atoms with E-state index in [2.05, 4.69) is 50.0 Å². The number of unbranched alkanes of at least 4 members (excludes halogenated alkanes) is 2. The Morgan fingerprint density at radius 1 is 0.750 bits per heavy atom. The van der Waals surface area contributed by atoms with E-state index >= 15 is 0 Å². The van der Waals surface area contributed by atoms with E-state index in [4.69, 9.17) is 0 Å². The van der Waals surface area contributed by atoms with Gasteiger partial charge in [-0.25, -0.2) is 0 Å². The molecule has 0 bridgehead atoms. The minimum absolute atomic E-state index is 0.636. The minimum atomic E-state index is 0.636. The third-order valence-corrected chi connectivity index (χ3v) is 7.49. The molecule has 0 atom stereocenters. The highest BCUT2D eigenvalue weighted by Gasteiger charge is 2.30. The Balaban J connectivity index is 1.39. The summed E-state index contributed by atoms with van der Waals surface area (Å²) < 4.78 is 0. The van der Waals surface area contributed by atoms with Gasteiger partial charge < -0.3 is 0 Å². The predicted octanol–water partition coefficient (Wildman–Crippen LogP) is 8.18. The van der Waals surface area contributed by atoms with Crippen LogP contribution in [-0.2, 0) is 6.42 Å². The second kappa shape index (κ2) is 11.7. The summed E-state index contributed by atoms with van der Waals surface area (Å²) in [5.41, 5.74) is 2.66. The smallest absolute Gasteiger partial charge is 0.0245 e. The lowest BCUT2D eigenvalue weighted by atomic mass is 9.69. The van der Waals surface area contributed by atoms with Crippen LogP contribution >= 0.6 is 0 Å². The molecule has 0 heterocycles. The number of aryl methyl sites for hydroxylation is 1. The zero-order valence-corrected chi connectivity index (χ0v) is 18.5. The van der Waals surface area contributed by atoms with Crippen molar-refractivity contribution in [2.45, 2.75) is 104 Å². The minimum Gasteiger partial charge on any atom is -0.0945 e. The van der Waals surface area contributed by atoms with Crippen LogP contribution < -0.4 is 0 Å². The molecular formula is C28H42. The topological polar surface area (TPSA) is 0 Å². The van der Waals surface area contributed by atoms with Crippen LogP contribution in [0.3, 0.4) is 0 Å². The van der Waals surface area contributed by atoms with E-state index < -0.39 is 0 Å². The summed E-state index contributed by atoms with van der Waals surface area (Å²) in [6.07, 6.45) is 19.6. The largest absolute Gasteiger partial charge is 0.0945 e. The zero-order valence-electron chi connectivity index (χ0n) is 18.5. The molecule has 0 radical (unpaired) electrons. The number of rotatable bonds is 7. The maximum absolute atomic E-state index is 3.60. The molecule has 154 valence electrons. The molecule has 1 aromatic carbocycles. The Bertz CT molecular complexity index is 598. The summed E-state index contributed by atoms with van der Waals surface area (Å²) in [5, 5.41) is 0. The second-order valence-corrected chi connectivity index (χ2v) is 9.60. The van der Waals surface area contributed by atoms with Gasteiger partial charge in [0.15, 0.2) is 0 Å². The third-order valence-electron chi connectivity index (χ3n) is 7.49. The van der Waals surface area contributed by atoms with E-state index in [0.29, 0.717) is 5.92 Å². The first kappa shape index (κ1) is 21.5. The Labute approximate surface area is 174 Å². The number of benzene rings is 1. The third kappa shape index (κ3) is 6.69. The molecule has 0 nitrogen and oxygen atoms in total. The van der Waals surface area contributed by atoms with Gasteiger partial charge >= 0.3 is 0 Å². The van der Waals surface area contributed by atoms with Crippen molar-refractivity contribution in [3.05, 3.63) is 35.4 Å². The molecule has 0 saturated heterocycles. The van der Waals surface area contributed by atoms with Gasteiger partial charge in [-0.1, -0.05) is 76.3 Å². The van der Waals surface area contributed by atoms with Gasteiger partial charge in [0.25, 0.3) is 0 Å². The van der Waals surface area contributed by atoms with Crippen molar-refractivity contribution in [2.24, 2.45) is 23.7 Å². The second-order valence-electron chi connectivity index (χ2n) is 9.60. The Kier molecular flexibility index (Phi) is 8.98. The van der Waals surface area contributed by atoms with E-state index in [1.54, 1.807) is 0 Å². The number of hydrogen-bond donors (Lipinski definition) is 0. The summed E-state index contributed by atoms with van der Waals surface area (Å²) in [6.45, 7) is 4.59. The lowest BCUT2D eigenvalue weighted by molar-refractivity contribution is 0.153. The molecule has 0 aromatic heterocycles. The summed E-state index contributed by atoms with van der Waals surface area (Å²) in [5.74, 6) is 10.8. The van der Waals surface area contributed by atoms with E-state index in [1.165, 1.54) is 101 Å². The Hall–Kier alpha value is -1.22. The first-order chi connectivity index (χ1) is 13.8. The van der Waals surface area contributed by atoms with Crippen LogP contribution in [0.1, 0.15) is 108 Å². The summed E-state index contributed by atoms with van der Waals surface area (Å²) >= 11 is 0. The molecule has 2 saturated carbocycles. The van der Waals surface area contributed by atoms with Crippen molar-refractivity contribution in [3.63, 3.8) is 0 Å². The van der Waals surface area contributed by atoms with Gasteiger partial charge in [-0.3, -0.25) is 0 Å². The van der Waals surface area contributed by atoms with Gasteiger partial charge in [-0.05, 0) is 86.8 Å². The molecule has 0 heteroatoms. The monoisotopic (exact) mass is 378 g/mol. The molecule has 0 spiro atoms. The van der Waals surface area contributed by atoms with Crippen LogP contribution in [0.4, 0.5) is 0 Å². The summed E-state index contributed by atoms with van der Waals surface area (Å²) in [7, 11) is 0. The molecule has 0 N–H and O–H groups in total. The molecule has 2 aliphatic carbocycles. The van der Waals surface area contributed by atoms with Crippen LogP contribution in [0, 0.1) is 35.5 Å². The van der Waals surface area contributed by atoms with Crippen molar-refractivity contribution in [1.82, 2.24) is 0 Å². The van der Waals surface area contributed by atoms with Crippen molar-refractivity contribution in [3.8, 4) is 11.8 Å². The average Bonchev–Trinajstić information content (AvgIpc) is 2.76. The van der Waals surface area contributed by atoms with Gasteiger partial charge in [0.1, 0.15) is 0 Å². The summed E-state index contributed by atoms with van der Waals surface area (Å²) in [6, 6.07) is 8.99. The molecule has 0 unspecified atom stereocenters. The average molecular weight is 379 g/mol. The highest BCUT2D eigenvalue weighted by atomic mass is 14.3. The number of hydrogen-bond acceptors (Lipinski definition) is 0. The van der Waals surface area contributed by atoms with Crippen LogP contribution in [0.2, 0.25) is 0 Å². The normalized spacial score (nSPS) is 27.8. The van der Waals surface area contributed by atoms with Crippen LogP contribution in [0.25, 0.3) is 0 Å². The molecular weight excluding hydrogens is 336 g/mol. The SMILES string of the molecule is CCCCc1ccc(C#CC2CCC(C3CCC(CCCC)CC3)CC2)cc1. The van der Waals surface area contributed by atoms with Crippen molar-refractivity contribution < 1.29 is 0 Å². The quantitative estimate of drug-likeness (QED) is 0.419. The van der Waals surface area contributed by atoms with E-state index in [0.717, 1.165) is 17.8 Å². The van der Waals surface area contributed by atoms with Crippen LogP contribution in [0.15, 0.2) is 24.3 Å². The van der Waals surface area contributed by atoms with E-state index in [1.807, 2.05) is 0 Å². The van der Waals surface area contributed by atoms with Crippen molar-refractivity contribution in [2.75, 3.05) is 0 Å². The van der Waals surface area contributed by atoms with Gasteiger partial charge in [0.05, 0.1) is 0 Å². The standard InChI is InChI=1S/C28H42/c1-3-5-7-23-9-11-25(12-10-23)13-14-26-17-21-28(22-18-26)27-19-15-24(16-20-27)8-6-4-2/h9-12,24,26-28H,3-8,15-22H2,1-2H3. The maximum Gasteiger partial charge on any atom is 0.0245 e. The predicted molar refractivity (Wildman–Crippen MR) is 122 cm³/mol. The highest BCUT2D eigenvalue weighted by Crippen LogP contribution is 2.42. The van der Waals surface area contributed by atoms with E-state index in [-0.39, 0.29) is 0 Å². The van der Waals surface area contributed by atoms with Crippen LogP contribution in [0.5, 0.6) is 0 Å². The molecule has 3 rings (SSSR count).